The van der Waals surface area contributed by atoms with Crippen LogP contribution in [0.1, 0.15) is 0 Å². The number of nitrogens with zero attached hydrogens (tertiary/aromatic N) is 3. The van der Waals surface area contributed by atoms with Gasteiger partial charge < -0.3 is 95.3 Å². The monoisotopic (exact) mass is 400 g/mol. The van der Waals surface area contributed by atoms with E-state index in [0.717, 1.165) is 0 Å². The van der Waals surface area contributed by atoms with E-state index in [2.05, 4.69) is 0 Å². The third-order valence-corrected chi connectivity index (χ3v) is 0. The van der Waals surface area contributed by atoms with Crippen LogP contribution in [-0.2, 0) is 17.4 Å². The first-order valence-corrected chi connectivity index (χ1v) is 1.64. The summed E-state index contributed by atoms with van der Waals surface area (Å²) in [6, 6.07) is 0. The van der Waals surface area contributed by atoms with Gasteiger partial charge in [0.1, 0.15) is 0 Å². The van der Waals surface area contributed by atoms with Crippen molar-refractivity contribution in [3.05, 3.63) is 46.0 Å². The standard InChI is InChI=1S/Cr.3NO3.9H2O/c;3*2-1(3)4;;;;;;;;;/h;;;;9*1H2/q+3;3*-1;;;;;;;;;. The topological polar surface area (TPSA) is 482 Å². The summed E-state index contributed by atoms with van der Waals surface area (Å²) in [7, 11) is 0. The molecule has 147 valence electrons. The zero-order valence-electron chi connectivity index (χ0n) is 9.92. The SMILES string of the molecule is O.O.O.O.O.O.O.O.O.O=[N+]([O-])[O-].O=[N+]([O-])[O-].O=[N+]([O-])[O-].[Cr+3]. The van der Waals surface area contributed by atoms with E-state index in [1.165, 1.54) is 0 Å². The van der Waals surface area contributed by atoms with Crippen LogP contribution in [0.25, 0.3) is 0 Å². The Morgan fingerprint density at radius 2 is 0.364 bits per heavy atom. The third kappa shape index (κ3) is 1010. The zero-order chi connectivity index (χ0) is 10.7. The second kappa shape index (κ2) is 129. The van der Waals surface area contributed by atoms with Crippen LogP contribution in [0.4, 0.5) is 0 Å². The minimum atomic E-state index is -1.75. The van der Waals surface area contributed by atoms with E-state index in [1.807, 2.05) is 0 Å². The Morgan fingerprint density at radius 1 is 0.364 bits per heavy atom. The fourth-order valence-corrected chi connectivity index (χ4v) is 0. The maximum absolute atomic E-state index is 8.25. The Bertz CT molecular complexity index is 116. The van der Waals surface area contributed by atoms with Crippen molar-refractivity contribution in [1.82, 2.24) is 0 Å². The van der Waals surface area contributed by atoms with E-state index >= 15 is 0 Å². The van der Waals surface area contributed by atoms with Crippen LogP contribution in [0.2, 0.25) is 0 Å². The summed E-state index contributed by atoms with van der Waals surface area (Å²) in [5, 5.41) is 44.2. The van der Waals surface area contributed by atoms with Gasteiger partial charge in [0.2, 0.25) is 0 Å². The van der Waals surface area contributed by atoms with E-state index < -0.39 is 15.3 Å². The Kier molecular flexibility index (Phi) is 893. The molecule has 0 rings (SSSR count). The molecule has 0 aromatic rings. The van der Waals surface area contributed by atoms with Gasteiger partial charge in [-0.25, -0.2) is 0 Å². The molecule has 0 saturated heterocycles. The molecule has 0 heterocycles. The fraction of sp³-hybridized carbons (Fsp3) is 0. The molecule has 0 bridgehead atoms. The first-order valence-electron chi connectivity index (χ1n) is 1.64. The minimum absolute atomic E-state index is 0. The molecule has 0 saturated carbocycles. The molecule has 0 aromatic carbocycles. The molecule has 22 heteroatoms. The van der Waals surface area contributed by atoms with Crippen molar-refractivity contribution in [1.29, 1.82) is 0 Å². The van der Waals surface area contributed by atoms with Crippen molar-refractivity contribution in [3.8, 4) is 0 Å². The van der Waals surface area contributed by atoms with Gasteiger partial charge in [0, 0.05) is 0 Å². The van der Waals surface area contributed by atoms with Crippen LogP contribution in [0.3, 0.4) is 0 Å². The smallest absolute Gasteiger partial charge is 0.412 e. The quantitative estimate of drug-likeness (QED) is 0.274. The second-order valence-corrected chi connectivity index (χ2v) is 0.671. The first kappa shape index (κ1) is 152. The Hall–Kier alpha value is -2.23. The van der Waals surface area contributed by atoms with Crippen molar-refractivity contribution >= 4 is 0 Å². The maximum Gasteiger partial charge on any atom is 3.00 e. The van der Waals surface area contributed by atoms with Gasteiger partial charge in [-0.3, -0.25) is 0 Å². The summed E-state index contributed by atoms with van der Waals surface area (Å²) in [5.74, 6) is 0. The van der Waals surface area contributed by atoms with Gasteiger partial charge in [0.05, 0.1) is 15.3 Å². The third-order valence-electron chi connectivity index (χ3n) is 0. The van der Waals surface area contributed by atoms with Gasteiger partial charge >= 0.3 is 17.4 Å². The van der Waals surface area contributed by atoms with Crippen LogP contribution in [0.5, 0.6) is 0 Å². The molecule has 21 nitrogen and oxygen atoms in total. The summed E-state index contributed by atoms with van der Waals surface area (Å²) in [4.78, 5) is 24.8. The van der Waals surface area contributed by atoms with Gasteiger partial charge in [0.25, 0.3) is 0 Å². The van der Waals surface area contributed by atoms with E-state index in [1.54, 1.807) is 0 Å². The summed E-state index contributed by atoms with van der Waals surface area (Å²) >= 11 is 0. The largest absolute Gasteiger partial charge is 3.00 e. The molecule has 18 N–H and O–H groups in total. The Morgan fingerprint density at radius 3 is 0.364 bits per heavy atom. The molecular formula is H18CrN3O18. The Balaban J connectivity index is -0.00000000409. The van der Waals surface area contributed by atoms with Crippen molar-refractivity contribution in [2.24, 2.45) is 0 Å². The molecule has 0 aliphatic rings. The summed E-state index contributed by atoms with van der Waals surface area (Å²) in [6.45, 7) is 0. The van der Waals surface area contributed by atoms with Crippen LogP contribution < -0.4 is 0 Å². The van der Waals surface area contributed by atoms with Gasteiger partial charge in [0.15, 0.2) is 0 Å². The van der Waals surface area contributed by atoms with Crippen molar-refractivity contribution in [2.45, 2.75) is 0 Å². The first-order chi connectivity index (χ1) is 5.20. The van der Waals surface area contributed by atoms with E-state index in [-0.39, 0.29) is 66.6 Å². The number of rotatable bonds is 0. The van der Waals surface area contributed by atoms with Gasteiger partial charge in [-0.05, 0) is 0 Å². The van der Waals surface area contributed by atoms with E-state index in [0.29, 0.717) is 0 Å². The van der Waals surface area contributed by atoms with E-state index in [9.17, 15) is 0 Å². The average molecular weight is 400 g/mol. The predicted molar refractivity (Wildman–Crippen MR) is 63.6 cm³/mol. The van der Waals surface area contributed by atoms with Crippen LogP contribution in [-0.4, -0.2) is 64.5 Å². The maximum atomic E-state index is 8.25. The normalized spacial score (nSPS) is 3.27. The number of hydrogen-bond acceptors (Lipinski definition) is 9. The Labute approximate surface area is 129 Å². The molecule has 1 radical (unpaired) electrons. The number of hydrogen-bond donors (Lipinski definition) is 0. The molecule has 0 unspecified atom stereocenters. The molecule has 22 heavy (non-hydrogen) atoms. The molecule has 0 aliphatic heterocycles. The summed E-state index contributed by atoms with van der Waals surface area (Å²) in [6.07, 6.45) is 0. The molecule has 0 spiro atoms. The van der Waals surface area contributed by atoms with Crippen LogP contribution in [0.15, 0.2) is 0 Å². The second-order valence-electron chi connectivity index (χ2n) is 0.671. The van der Waals surface area contributed by atoms with Crippen LogP contribution >= 0.6 is 0 Å². The minimum Gasteiger partial charge on any atom is -0.412 e. The molecule has 0 fully saturated rings. The average Bonchev–Trinajstić information content (AvgIpc) is 1.54. The van der Waals surface area contributed by atoms with Gasteiger partial charge in [-0.1, -0.05) is 0 Å². The predicted octanol–water partition coefficient (Wildman–Crippen LogP) is -8.14. The molecule has 0 amide bonds. The molecule has 0 atom stereocenters. The molecule has 0 aromatic heterocycles. The summed E-state index contributed by atoms with van der Waals surface area (Å²) in [5.41, 5.74) is 0. The van der Waals surface area contributed by atoms with E-state index in [4.69, 9.17) is 46.0 Å². The summed E-state index contributed by atoms with van der Waals surface area (Å²) < 4.78 is 0. The molecule has 0 aliphatic carbocycles. The van der Waals surface area contributed by atoms with Gasteiger partial charge in [-0.15, -0.1) is 0 Å². The molecular weight excluding hydrogens is 382 g/mol. The zero-order valence-corrected chi connectivity index (χ0v) is 11.2. The van der Waals surface area contributed by atoms with Crippen LogP contribution in [0, 0.1) is 46.0 Å². The van der Waals surface area contributed by atoms with Gasteiger partial charge in [-0.2, -0.15) is 0 Å². The fourth-order valence-electron chi connectivity index (χ4n) is 0. The van der Waals surface area contributed by atoms with Crippen molar-refractivity contribution in [2.75, 3.05) is 0 Å². The van der Waals surface area contributed by atoms with Crippen molar-refractivity contribution < 1.29 is 81.9 Å². The van der Waals surface area contributed by atoms with Crippen molar-refractivity contribution in [3.63, 3.8) is 0 Å².